The Morgan fingerprint density at radius 2 is 2.14 bits per heavy atom. The maximum Gasteiger partial charge on any atom is 0.358 e. The van der Waals surface area contributed by atoms with Crippen LogP contribution in [0.5, 0.6) is 5.75 Å². The van der Waals surface area contributed by atoms with Gasteiger partial charge < -0.3 is 10.2 Å². The first-order valence-electron chi connectivity index (χ1n) is 3.71. The summed E-state index contributed by atoms with van der Waals surface area (Å²) in [4.78, 5) is 20.5. The van der Waals surface area contributed by atoms with E-state index in [1.54, 1.807) is 6.07 Å². The van der Waals surface area contributed by atoms with Crippen molar-refractivity contribution in [2.75, 3.05) is 0 Å². The number of benzene rings is 1. The molecule has 0 radical (unpaired) electrons. The van der Waals surface area contributed by atoms with Gasteiger partial charge in [0, 0.05) is 0 Å². The molecule has 0 heterocycles. The minimum absolute atomic E-state index is 0.00520. The van der Waals surface area contributed by atoms with Crippen LogP contribution >= 0.6 is 0 Å². The third-order valence-electron chi connectivity index (χ3n) is 1.49. The number of aromatic hydroxyl groups is 1. The number of carboxylic acids is 1. The molecule has 0 saturated carbocycles. The Morgan fingerprint density at radius 3 is 2.64 bits per heavy atom. The maximum absolute atomic E-state index is 10.4. The largest absolute Gasteiger partial charge is 0.508 e. The number of phenols is 1. The zero-order chi connectivity index (χ0) is 10.6. The highest BCUT2D eigenvalue weighted by Gasteiger charge is 2.06. The van der Waals surface area contributed by atoms with E-state index in [2.05, 4.69) is 5.18 Å². The first kappa shape index (κ1) is 9.91. The maximum atomic E-state index is 10.4. The van der Waals surface area contributed by atoms with Gasteiger partial charge in [0.2, 0.25) is 0 Å². The van der Waals surface area contributed by atoms with E-state index in [1.165, 1.54) is 18.2 Å². The lowest BCUT2D eigenvalue weighted by Crippen LogP contribution is -1.96. The fourth-order valence-electron chi connectivity index (χ4n) is 0.900. The van der Waals surface area contributed by atoms with Gasteiger partial charge in [0.1, 0.15) is 5.75 Å². The SMILES string of the molecule is O=NC(=Cc1cccc(O)c1)C(=O)O. The molecular formula is C9H7NO4. The highest BCUT2D eigenvalue weighted by molar-refractivity contribution is 5.91. The summed E-state index contributed by atoms with van der Waals surface area (Å²) in [5.41, 5.74) is -0.197. The minimum atomic E-state index is -1.40. The smallest absolute Gasteiger partial charge is 0.358 e. The molecule has 1 rings (SSSR count). The molecule has 0 aliphatic carbocycles. The van der Waals surface area contributed by atoms with Crippen molar-refractivity contribution in [2.24, 2.45) is 5.18 Å². The molecule has 5 nitrogen and oxygen atoms in total. The molecule has 0 aromatic heterocycles. The van der Waals surface area contributed by atoms with Crippen LogP contribution < -0.4 is 0 Å². The van der Waals surface area contributed by atoms with Crippen molar-refractivity contribution in [2.45, 2.75) is 0 Å². The van der Waals surface area contributed by atoms with Gasteiger partial charge in [-0.2, -0.15) is 0 Å². The number of hydrogen-bond acceptors (Lipinski definition) is 4. The third kappa shape index (κ3) is 2.41. The van der Waals surface area contributed by atoms with Gasteiger partial charge in [-0.05, 0) is 28.9 Å². The van der Waals surface area contributed by atoms with Crippen LogP contribution in [0.2, 0.25) is 0 Å². The van der Waals surface area contributed by atoms with Crippen molar-refractivity contribution in [1.82, 2.24) is 0 Å². The van der Waals surface area contributed by atoms with Gasteiger partial charge in [0.25, 0.3) is 0 Å². The summed E-state index contributed by atoms with van der Waals surface area (Å²) in [5.74, 6) is -1.40. The summed E-state index contributed by atoms with van der Waals surface area (Å²) < 4.78 is 0. The second-order valence-electron chi connectivity index (χ2n) is 2.52. The van der Waals surface area contributed by atoms with Crippen LogP contribution in [0, 0.1) is 4.91 Å². The molecule has 0 unspecified atom stereocenters. The summed E-state index contributed by atoms with van der Waals surface area (Å²) in [7, 11) is 0. The molecule has 14 heavy (non-hydrogen) atoms. The van der Waals surface area contributed by atoms with Gasteiger partial charge in [0.05, 0.1) is 0 Å². The number of nitroso groups, excluding NO2 is 1. The molecule has 0 aliphatic heterocycles. The Morgan fingerprint density at radius 1 is 1.43 bits per heavy atom. The fourth-order valence-corrected chi connectivity index (χ4v) is 0.900. The Balaban J connectivity index is 3.06. The lowest BCUT2D eigenvalue weighted by atomic mass is 10.2. The standard InChI is InChI=1S/C9H7NO4/c11-7-3-1-2-6(4-7)5-8(10-14)9(12)13/h1-5,11H,(H,12,13). The average molecular weight is 193 g/mol. The number of nitrogens with zero attached hydrogens (tertiary/aromatic N) is 1. The van der Waals surface area contributed by atoms with Crippen molar-refractivity contribution in [3.63, 3.8) is 0 Å². The highest BCUT2D eigenvalue weighted by atomic mass is 16.4. The van der Waals surface area contributed by atoms with E-state index in [0.717, 1.165) is 6.08 Å². The van der Waals surface area contributed by atoms with Crippen LogP contribution in [0.15, 0.2) is 35.1 Å². The lowest BCUT2D eigenvalue weighted by Gasteiger charge is -1.95. The molecule has 0 spiro atoms. The zero-order valence-corrected chi connectivity index (χ0v) is 7.04. The summed E-state index contributed by atoms with van der Waals surface area (Å²) in [6, 6.07) is 5.85. The number of carbonyl (C=O) groups is 1. The van der Waals surface area contributed by atoms with Crippen molar-refractivity contribution in [3.05, 3.63) is 40.4 Å². The molecular weight excluding hydrogens is 186 g/mol. The van der Waals surface area contributed by atoms with Crippen molar-refractivity contribution in [3.8, 4) is 5.75 Å². The molecule has 0 amide bonds. The number of rotatable bonds is 3. The summed E-state index contributed by atoms with van der Waals surface area (Å²) >= 11 is 0. The van der Waals surface area contributed by atoms with Gasteiger partial charge in [-0.3, -0.25) is 0 Å². The van der Waals surface area contributed by atoms with Crippen LogP contribution in [-0.2, 0) is 4.79 Å². The van der Waals surface area contributed by atoms with E-state index >= 15 is 0 Å². The molecule has 2 N–H and O–H groups in total. The average Bonchev–Trinajstić information content (AvgIpc) is 2.14. The Kier molecular flexibility index (Phi) is 2.96. The Hall–Kier alpha value is -2.17. The topological polar surface area (TPSA) is 87.0 Å². The Bertz CT molecular complexity index is 398. The van der Waals surface area contributed by atoms with Crippen LogP contribution in [0.3, 0.4) is 0 Å². The normalized spacial score (nSPS) is 11.0. The van der Waals surface area contributed by atoms with Gasteiger partial charge in [0.15, 0.2) is 5.70 Å². The summed E-state index contributed by atoms with van der Waals surface area (Å²) in [5, 5.41) is 19.9. The van der Waals surface area contributed by atoms with Crippen LogP contribution in [-0.4, -0.2) is 16.2 Å². The van der Waals surface area contributed by atoms with Crippen LogP contribution in [0.1, 0.15) is 5.56 Å². The van der Waals surface area contributed by atoms with Gasteiger partial charge in [-0.25, -0.2) is 4.79 Å². The molecule has 1 aromatic carbocycles. The predicted octanol–water partition coefficient (Wildman–Crippen LogP) is 1.58. The monoisotopic (exact) mass is 193 g/mol. The van der Waals surface area contributed by atoms with Crippen molar-refractivity contribution >= 4 is 12.0 Å². The number of hydrogen-bond donors (Lipinski definition) is 2. The molecule has 5 heteroatoms. The van der Waals surface area contributed by atoms with Crippen LogP contribution in [0.25, 0.3) is 6.08 Å². The molecule has 1 aromatic rings. The second-order valence-corrected chi connectivity index (χ2v) is 2.52. The van der Waals surface area contributed by atoms with E-state index < -0.39 is 11.7 Å². The van der Waals surface area contributed by atoms with Gasteiger partial charge >= 0.3 is 5.97 Å². The third-order valence-corrected chi connectivity index (χ3v) is 1.49. The number of aliphatic carboxylic acids is 1. The Labute approximate surface area is 79.3 Å². The van der Waals surface area contributed by atoms with Gasteiger partial charge in [-0.1, -0.05) is 12.1 Å². The van der Waals surface area contributed by atoms with E-state index in [1.807, 2.05) is 0 Å². The van der Waals surface area contributed by atoms with E-state index in [4.69, 9.17) is 10.2 Å². The second kappa shape index (κ2) is 4.18. The zero-order valence-electron chi connectivity index (χ0n) is 7.04. The first-order valence-corrected chi connectivity index (χ1v) is 3.71. The quantitative estimate of drug-likeness (QED) is 0.563. The van der Waals surface area contributed by atoms with Gasteiger partial charge in [-0.15, -0.1) is 4.91 Å². The first-order chi connectivity index (χ1) is 6.63. The fraction of sp³-hybridized carbons (Fsp3) is 0. The van der Waals surface area contributed by atoms with E-state index in [9.17, 15) is 9.70 Å². The molecule has 72 valence electrons. The molecule has 0 atom stereocenters. The molecule has 0 fully saturated rings. The van der Waals surface area contributed by atoms with Crippen LogP contribution in [0.4, 0.5) is 0 Å². The molecule has 0 aliphatic rings. The summed E-state index contributed by atoms with van der Waals surface area (Å²) in [6.45, 7) is 0. The van der Waals surface area contributed by atoms with Crippen molar-refractivity contribution < 1.29 is 15.0 Å². The highest BCUT2D eigenvalue weighted by Crippen LogP contribution is 2.14. The summed E-state index contributed by atoms with van der Waals surface area (Å²) in [6.07, 6.45) is 1.08. The lowest BCUT2D eigenvalue weighted by molar-refractivity contribution is -0.132. The van der Waals surface area contributed by atoms with Crippen molar-refractivity contribution in [1.29, 1.82) is 0 Å². The predicted molar refractivity (Wildman–Crippen MR) is 49.5 cm³/mol. The molecule has 0 bridgehead atoms. The van der Waals surface area contributed by atoms with E-state index in [0.29, 0.717) is 5.56 Å². The van der Waals surface area contributed by atoms with E-state index in [-0.39, 0.29) is 5.75 Å². The molecule has 0 saturated heterocycles. The number of phenolic OH excluding ortho intramolecular Hbond substituents is 1. The minimum Gasteiger partial charge on any atom is -0.508 e. The number of carboxylic acid groups (broad SMARTS) is 1.